The first-order valence-electron chi connectivity index (χ1n) is 10.6. The van der Waals surface area contributed by atoms with E-state index in [0.29, 0.717) is 12.1 Å². The number of nitrogens with zero attached hydrogens (tertiary/aromatic N) is 2. The van der Waals surface area contributed by atoms with Gasteiger partial charge in [0.15, 0.2) is 0 Å². The number of carbonyl (C=O) groups is 1. The second kappa shape index (κ2) is 13.4. The van der Waals surface area contributed by atoms with Gasteiger partial charge in [0.05, 0.1) is 5.56 Å². The lowest BCUT2D eigenvalue weighted by molar-refractivity contribution is 0.0950. The van der Waals surface area contributed by atoms with Gasteiger partial charge in [0, 0.05) is 38.1 Å². The monoisotopic (exact) mass is 372 g/mol. The molecule has 2 heterocycles. The van der Waals surface area contributed by atoms with E-state index in [2.05, 4.69) is 27.4 Å². The number of nitrogens with two attached hydrogens (primary N) is 1. The van der Waals surface area contributed by atoms with E-state index in [1.54, 1.807) is 24.5 Å². The molecule has 27 heavy (non-hydrogen) atoms. The van der Waals surface area contributed by atoms with Gasteiger partial charge in [-0.15, -0.1) is 0 Å². The number of amides is 1. The van der Waals surface area contributed by atoms with Crippen molar-refractivity contribution in [1.29, 1.82) is 0 Å². The van der Waals surface area contributed by atoms with E-state index in [9.17, 15) is 4.79 Å². The largest absolute Gasteiger partial charge is 0.350 e. The number of aromatic nitrogens is 1. The lowest BCUT2D eigenvalue weighted by atomic mass is 10.0. The van der Waals surface area contributed by atoms with Crippen LogP contribution in [0, 0.1) is 0 Å². The second-order valence-electron chi connectivity index (χ2n) is 7.56. The molecule has 0 aliphatic carbocycles. The smallest absolute Gasteiger partial charge is 0.252 e. The summed E-state index contributed by atoms with van der Waals surface area (Å²) in [6.45, 7) is 4.08. The van der Waals surface area contributed by atoms with Crippen LogP contribution in [0.5, 0.6) is 0 Å². The minimum Gasteiger partial charge on any atom is -0.350 e. The maximum Gasteiger partial charge on any atom is 0.252 e. The van der Waals surface area contributed by atoms with Crippen LogP contribution in [0.3, 0.4) is 0 Å². The Hall–Kier alpha value is -1.72. The first-order valence-corrected chi connectivity index (χ1v) is 10.6. The molecule has 0 radical (unpaired) electrons. The molecule has 1 unspecified atom stereocenters. The van der Waals surface area contributed by atoms with Crippen molar-refractivity contribution in [3.05, 3.63) is 42.2 Å². The number of rotatable bonds is 14. The average molecular weight is 373 g/mol. The summed E-state index contributed by atoms with van der Waals surface area (Å²) in [5.41, 5.74) is 6.69. The van der Waals surface area contributed by atoms with Crippen LogP contribution in [-0.4, -0.2) is 48.0 Å². The first-order chi connectivity index (χ1) is 13.3. The topological polar surface area (TPSA) is 71.2 Å². The molecule has 0 aromatic carbocycles. The summed E-state index contributed by atoms with van der Waals surface area (Å²) in [5.74, 6) is -0.0976. The molecule has 2 rings (SSSR count). The molecule has 1 atom stereocenters. The number of hydrogen-bond acceptors (Lipinski definition) is 4. The predicted octanol–water partition coefficient (Wildman–Crippen LogP) is 3.52. The summed E-state index contributed by atoms with van der Waals surface area (Å²) >= 11 is 0. The van der Waals surface area contributed by atoms with E-state index < -0.39 is 0 Å². The van der Waals surface area contributed by atoms with E-state index in [0.717, 1.165) is 25.9 Å². The molecule has 1 aliphatic rings. The Bertz CT molecular complexity index is 539. The van der Waals surface area contributed by atoms with Crippen molar-refractivity contribution < 1.29 is 4.79 Å². The van der Waals surface area contributed by atoms with Gasteiger partial charge in [0.25, 0.3) is 5.91 Å². The summed E-state index contributed by atoms with van der Waals surface area (Å²) in [7, 11) is 0. The third kappa shape index (κ3) is 9.68. The van der Waals surface area contributed by atoms with Gasteiger partial charge in [-0.25, -0.2) is 0 Å². The molecule has 0 spiro atoms. The summed E-state index contributed by atoms with van der Waals surface area (Å²) in [5, 5.41) is 2.89. The molecule has 3 N–H and O–H groups in total. The van der Waals surface area contributed by atoms with Crippen LogP contribution in [0.15, 0.2) is 36.7 Å². The summed E-state index contributed by atoms with van der Waals surface area (Å²) < 4.78 is 0. The van der Waals surface area contributed by atoms with Gasteiger partial charge in [0.2, 0.25) is 0 Å². The Morgan fingerprint density at radius 1 is 1.07 bits per heavy atom. The molecule has 150 valence electrons. The Labute approximate surface area is 164 Å². The number of hydrogen-bond donors (Lipinski definition) is 2. The Morgan fingerprint density at radius 2 is 1.74 bits per heavy atom. The Balaban J connectivity index is 1.35. The van der Waals surface area contributed by atoms with Gasteiger partial charge in [-0.3, -0.25) is 14.7 Å². The highest BCUT2D eigenvalue weighted by molar-refractivity contribution is 5.93. The molecule has 1 aromatic heterocycles. The van der Waals surface area contributed by atoms with E-state index in [4.69, 9.17) is 5.73 Å². The van der Waals surface area contributed by atoms with Crippen molar-refractivity contribution >= 4 is 5.91 Å². The average Bonchev–Trinajstić information content (AvgIpc) is 3.21. The van der Waals surface area contributed by atoms with Crippen molar-refractivity contribution in [3.8, 4) is 0 Å². The molecular formula is C22H36N4O. The zero-order valence-electron chi connectivity index (χ0n) is 16.6. The first kappa shape index (κ1) is 21.6. The van der Waals surface area contributed by atoms with E-state index >= 15 is 0 Å². The fraction of sp³-hybridized carbons (Fsp3) is 0.636. The zero-order chi connectivity index (χ0) is 19.2. The minimum absolute atomic E-state index is 0.0331. The molecule has 1 aromatic rings. The van der Waals surface area contributed by atoms with Crippen molar-refractivity contribution in [1.82, 2.24) is 15.2 Å². The van der Waals surface area contributed by atoms with Gasteiger partial charge in [-0.1, -0.05) is 57.1 Å². The third-order valence-electron chi connectivity index (χ3n) is 5.14. The van der Waals surface area contributed by atoms with Crippen molar-refractivity contribution in [3.63, 3.8) is 0 Å². The Morgan fingerprint density at radius 3 is 2.41 bits per heavy atom. The maximum atomic E-state index is 11.9. The van der Waals surface area contributed by atoms with Crippen molar-refractivity contribution in [2.75, 3.05) is 26.2 Å². The van der Waals surface area contributed by atoms with E-state index in [-0.39, 0.29) is 11.9 Å². The van der Waals surface area contributed by atoms with Crippen LogP contribution >= 0.6 is 0 Å². The van der Waals surface area contributed by atoms with Gasteiger partial charge in [-0.05, 0) is 31.5 Å². The number of nitrogens with one attached hydrogen (secondary N) is 1. The lowest BCUT2D eigenvalue weighted by Crippen LogP contribution is -2.37. The third-order valence-corrected chi connectivity index (χ3v) is 5.14. The fourth-order valence-corrected chi connectivity index (χ4v) is 3.43. The molecule has 0 fully saturated rings. The SMILES string of the molecule is NC(CCCCCCCCCCN1CC=CC1)CNC(=O)c1cccnc1. The van der Waals surface area contributed by atoms with E-state index in [1.165, 1.54) is 51.5 Å². The highest BCUT2D eigenvalue weighted by Gasteiger charge is 2.08. The second-order valence-corrected chi connectivity index (χ2v) is 7.56. The molecule has 1 aliphatic heterocycles. The molecule has 0 saturated carbocycles. The highest BCUT2D eigenvalue weighted by Crippen LogP contribution is 2.11. The van der Waals surface area contributed by atoms with Gasteiger partial charge < -0.3 is 11.1 Å². The van der Waals surface area contributed by atoms with Gasteiger partial charge >= 0.3 is 0 Å². The Kier molecular flexibility index (Phi) is 10.7. The van der Waals surface area contributed by atoms with Crippen molar-refractivity contribution in [2.45, 2.75) is 63.8 Å². The molecule has 0 bridgehead atoms. The van der Waals surface area contributed by atoms with Gasteiger partial charge in [-0.2, -0.15) is 0 Å². The minimum atomic E-state index is -0.0976. The molecule has 0 saturated heterocycles. The normalized spacial score (nSPS) is 15.1. The van der Waals surface area contributed by atoms with Crippen LogP contribution in [0.1, 0.15) is 68.1 Å². The number of pyridine rings is 1. The summed E-state index contributed by atoms with van der Waals surface area (Å²) in [6, 6.07) is 3.56. The fourth-order valence-electron chi connectivity index (χ4n) is 3.43. The lowest BCUT2D eigenvalue weighted by Gasteiger charge is -2.14. The van der Waals surface area contributed by atoms with Gasteiger partial charge in [0.1, 0.15) is 0 Å². The maximum absolute atomic E-state index is 11.9. The van der Waals surface area contributed by atoms with Crippen LogP contribution in [0.25, 0.3) is 0 Å². The van der Waals surface area contributed by atoms with Crippen LogP contribution in [-0.2, 0) is 0 Å². The van der Waals surface area contributed by atoms with Crippen molar-refractivity contribution in [2.24, 2.45) is 5.73 Å². The molecular weight excluding hydrogens is 336 g/mol. The number of unbranched alkanes of at least 4 members (excludes halogenated alkanes) is 7. The summed E-state index contributed by atoms with van der Waals surface area (Å²) in [6.07, 6.45) is 19.2. The quantitative estimate of drug-likeness (QED) is 0.387. The standard InChI is InChI=1S/C22H36N4O/c23-21(19-25-22(27)20-12-11-14-24-18-20)13-7-5-3-1-2-4-6-8-15-26-16-9-10-17-26/h9-12,14,18,21H,1-8,13,15-17,19,23H2,(H,25,27). The van der Waals surface area contributed by atoms with Crippen LogP contribution in [0.2, 0.25) is 0 Å². The number of carbonyl (C=O) groups excluding carboxylic acids is 1. The van der Waals surface area contributed by atoms with Crippen LogP contribution in [0.4, 0.5) is 0 Å². The van der Waals surface area contributed by atoms with Crippen LogP contribution < -0.4 is 11.1 Å². The van der Waals surface area contributed by atoms with E-state index in [1.807, 2.05) is 0 Å². The molecule has 5 heteroatoms. The zero-order valence-corrected chi connectivity index (χ0v) is 16.6. The molecule has 5 nitrogen and oxygen atoms in total. The summed E-state index contributed by atoms with van der Waals surface area (Å²) in [4.78, 5) is 18.4. The predicted molar refractivity (Wildman–Crippen MR) is 112 cm³/mol. The molecule has 1 amide bonds. The highest BCUT2D eigenvalue weighted by atomic mass is 16.1.